The fraction of sp³-hybridized carbons (Fsp3) is 0.405. The number of aryl methyl sites for hydroxylation is 2. The minimum absolute atomic E-state index is 0. The monoisotopic (exact) mass is 772 g/mol. The average Bonchev–Trinajstić information content (AvgIpc) is 2.88. The molecule has 0 aromatic heterocycles. The molecule has 0 heterocycles. The number of hydrogen-bond acceptors (Lipinski definition) is 2. The van der Waals surface area contributed by atoms with Crippen molar-refractivity contribution in [3.63, 3.8) is 0 Å². The van der Waals surface area contributed by atoms with Gasteiger partial charge in [0.2, 0.25) is 0 Å². The van der Waals surface area contributed by atoms with E-state index in [1.54, 1.807) is 0 Å². The topological polar surface area (TPSA) is 46.1 Å². The molecule has 0 aliphatic carbocycles. The molecule has 0 aliphatic rings. The molecular weight excluding hydrogens is 717 g/mol. The van der Waals surface area contributed by atoms with E-state index in [0.717, 1.165) is 22.3 Å². The van der Waals surface area contributed by atoms with Crippen molar-refractivity contribution in [1.82, 2.24) is 0 Å². The molecule has 0 aliphatic heterocycles. The third-order valence-corrected chi connectivity index (χ3v) is 6.95. The van der Waals surface area contributed by atoms with Crippen LogP contribution in [0.25, 0.3) is 0 Å². The van der Waals surface area contributed by atoms with E-state index >= 15 is 0 Å². The van der Waals surface area contributed by atoms with Crippen molar-refractivity contribution in [2.45, 2.75) is 112 Å². The van der Waals surface area contributed by atoms with Gasteiger partial charge in [0.25, 0.3) is 0 Å². The van der Waals surface area contributed by atoms with Crippen LogP contribution in [0.5, 0.6) is 11.5 Å². The van der Waals surface area contributed by atoms with Crippen LogP contribution in [0.4, 0.5) is 0 Å². The van der Waals surface area contributed by atoms with Crippen molar-refractivity contribution in [3.05, 3.63) is 137 Å². The molecule has 0 bridgehead atoms. The number of hydrogen-bond donors (Lipinski definition) is 0. The maximum Gasteiger partial charge on any atom is 5.00 e. The molecule has 2 nitrogen and oxygen atoms in total. The zero-order valence-corrected chi connectivity index (χ0v) is 33.3. The van der Waals surface area contributed by atoms with Gasteiger partial charge in [-0.2, -0.15) is 71.8 Å². The molecule has 3 heteroatoms. The molecule has 0 atom stereocenters. The Labute approximate surface area is 291 Å². The van der Waals surface area contributed by atoms with Gasteiger partial charge in [-0.3, -0.25) is 0 Å². The first-order valence-electron chi connectivity index (χ1n) is 15.4. The summed E-state index contributed by atoms with van der Waals surface area (Å²) in [6, 6.07) is 33.2. The van der Waals surface area contributed by atoms with E-state index < -0.39 is 0 Å². The van der Waals surface area contributed by atoms with E-state index in [2.05, 4.69) is 95.2 Å². The fourth-order valence-electron chi connectivity index (χ4n) is 4.32. The second-order valence-electron chi connectivity index (χ2n) is 15.2. The average molecular weight is 773 g/mol. The summed E-state index contributed by atoms with van der Waals surface area (Å²) in [7, 11) is 0. The van der Waals surface area contributed by atoms with E-state index in [-0.39, 0.29) is 55.5 Å². The largest absolute Gasteiger partial charge is 5.00 e. The van der Waals surface area contributed by atoms with Crippen LogP contribution in [0.15, 0.2) is 84.9 Å². The van der Waals surface area contributed by atoms with E-state index in [9.17, 15) is 10.2 Å². The van der Waals surface area contributed by atoms with E-state index in [1.165, 1.54) is 11.1 Å². The fourth-order valence-corrected chi connectivity index (χ4v) is 4.32. The molecule has 45 heavy (non-hydrogen) atoms. The zero-order chi connectivity index (χ0) is 33.9. The van der Waals surface area contributed by atoms with Gasteiger partial charge >= 0.3 is 22.4 Å². The van der Waals surface area contributed by atoms with E-state index in [1.807, 2.05) is 98.8 Å². The van der Waals surface area contributed by atoms with Crippen molar-refractivity contribution in [1.29, 1.82) is 0 Å². The molecule has 0 spiro atoms. The maximum absolute atomic E-state index is 12.3. The Morgan fingerprint density at radius 3 is 0.911 bits per heavy atom. The van der Waals surface area contributed by atoms with Crippen LogP contribution in [0.3, 0.4) is 0 Å². The van der Waals surface area contributed by atoms with Crippen LogP contribution in [0, 0.1) is 32.9 Å². The van der Waals surface area contributed by atoms with Gasteiger partial charge in [-0.1, -0.05) is 149 Å². The molecule has 0 saturated carbocycles. The summed E-state index contributed by atoms with van der Waals surface area (Å²) in [5.74, 6) is 0.350. The standard InChI is InChI=1S/C14H22O.C14H21O.2C7H7.Ta/c2*1-13(2,3)10-8-7-9-11(12(10)15)14(4,5)6;2*1-7-5-3-2-4-6-7;/h7-9,15H,1-6H3;7-9,15H,1H2,2-6H3;2*3-6H,1H3;/q;3*-1;+5/p-2. The molecular formula is C42H55O2Ta. The molecule has 4 aromatic carbocycles. The third-order valence-electron chi connectivity index (χ3n) is 6.95. The molecule has 0 N–H and O–H groups in total. The molecule has 0 amide bonds. The number of para-hydroxylation sites is 2. The van der Waals surface area contributed by atoms with Crippen LogP contribution in [0.2, 0.25) is 0 Å². The first-order valence-corrected chi connectivity index (χ1v) is 15.4. The summed E-state index contributed by atoms with van der Waals surface area (Å²) >= 11 is 0. The zero-order valence-electron chi connectivity index (χ0n) is 30.1. The number of benzene rings is 4. The Morgan fingerprint density at radius 2 is 0.711 bits per heavy atom. The maximum atomic E-state index is 12.3. The minimum atomic E-state index is -0.321. The minimum Gasteiger partial charge on any atom is -0.872 e. The Morgan fingerprint density at radius 1 is 0.467 bits per heavy atom. The number of rotatable bonds is 1. The van der Waals surface area contributed by atoms with Gasteiger partial charge in [-0.25, -0.2) is 0 Å². The molecule has 0 radical (unpaired) electrons. The molecule has 4 aromatic rings. The molecule has 240 valence electrons. The Balaban J connectivity index is 0.000000602. The molecule has 0 fully saturated rings. The van der Waals surface area contributed by atoms with Gasteiger partial charge in [-0.15, -0.1) is 16.9 Å². The summed E-state index contributed by atoms with van der Waals surface area (Å²) in [4.78, 5) is 0. The van der Waals surface area contributed by atoms with Gasteiger partial charge in [0.05, 0.1) is 0 Å². The predicted molar refractivity (Wildman–Crippen MR) is 186 cm³/mol. The second-order valence-corrected chi connectivity index (χ2v) is 15.2. The SMILES string of the molecule is CC(C)(C)c1cccc(C(C)(C)C)c1[O-].Cc1cc[c-]cc1.Cc1cc[c-]cc1.[CH2-]C(C)(C)c1cccc(C(C)(C)C)c1[O-].[Ta+5]. The smallest absolute Gasteiger partial charge is 0.872 e. The first kappa shape index (κ1) is 42.2. The van der Waals surface area contributed by atoms with Crippen molar-refractivity contribution >= 4 is 0 Å². The van der Waals surface area contributed by atoms with E-state index in [4.69, 9.17) is 0 Å². The normalized spacial score (nSPS) is 11.3. The van der Waals surface area contributed by atoms with Crippen LogP contribution in [-0.4, -0.2) is 0 Å². The van der Waals surface area contributed by atoms with Gasteiger partial charge in [0.1, 0.15) is 0 Å². The van der Waals surface area contributed by atoms with Crippen molar-refractivity contribution < 1.29 is 32.6 Å². The second kappa shape index (κ2) is 17.8. The Hall–Kier alpha value is -2.78. The third kappa shape index (κ3) is 14.9. The summed E-state index contributed by atoms with van der Waals surface area (Å²) in [5.41, 5.74) is 5.52. The van der Waals surface area contributed by atoms with Crippen LogP contribution in [0.1, 0.15) is 110 Å². The van der Waals surface area contributed by atoms with Crippen LogP contribution < -0.4 is 10.2 Å². The Bertz CT molecular complexity index is 1220. The van der Waals surface area contributed by atoms with Gasteiger partial charge < -0.3 is 17.1 Å². The van der Waals surface area contributed by atoms with E-state index in [0.29, 0.717) is 0 Å². The molecule has 0 unspecified atom stereocenters. The van der Waals surface area contributed by atoms with Crippen LogP contribution >= 0.6 is 0 Å². The Kier molecular flexibility index (Phi) is 16.7. The van der Waals surface area contributed by atoms with Gasteiger partial charge in [0, 0.05) is 0 Å². The van der Waals surface area contributed by atoms with Crippen LogP contribution in [-0.2, 0) is 44.0 Å². The van der Waals surface area contributed by atoms with Gasteiger partial charge in [0.15, 0.2) is 0 Å². The van der Waals surface area contributed by atoms with Gasteiger partial charge in [-0.05, 0) is 16.2 Å². The summed E-state index contributed by atoms with van der Waals surface area (Å²) < 4.78 is 0. The summed E-state index contributed by atoms with van der Waals surface area (Å²) in [6.07, 6.45) is 0. The van der Waals surface area contributed by atoms with Crippen molar-refractivity contribution in [2.24, 2.45) is 0 Å². The summed E-state index contributed by atoms with van der Waals surface area (Å²) in [5, 5.41) is 24.5. The van der Waals surface area contributed by atoms with Crippen molar-refractivity contribution in [3.8, 4) is 11.5 Å². The first-order chi connectivity index (χ1) is 20.1. The predicted octanol–water partition coefficient (Wildman–Crippen LogP) is 10.1. The molecule has 4 rings (SSSR count). The quantitative estimate of drug-likeness (QED) is 0.181. The van der Waals surface area contributed by atoms with Crippen molar-refractivity contribution in [2.75, 3.05) is 0 Å². The molecule has 0 saturated heterocycles. The summed E-state index contributed by atoms with van der Waals surface area (Å²) in [6.45, 7) is 30.7.